The van der Waals surface area contributed by atoms with Gasteiger partial charge in [-0.25, -0.2) is 0 Å². The number of rotatable bonds is 5. The van der Waals surface area contributed by atoms with Crippen molar-refractivity contribution in [1.82, 2.24) is 0 Å². The van der Waals surface area contributed by atoms with E-state index in [1.807, 2.05) is 0 Å². The van der Waals surface area contributed by atoms with E-state index in [1.165, 1.54) is 55.6 Å². The molecule has 0 spiro atoms. The van der Waals surface area contributed by atoms with Crippen LogP contribution in [0, 0.1) is 0 Å². The summed E-state index contributed by atoms with van der Waals surface area (Å²) >= 11 is 0. The molecule has 6 aromatic carbocycles. The summed E-state index contributed by atoms with van der Waals surface area (Å²) in [7, 11) is 0. The predicted molar refractivity (Wildman–Crippen MR) is 170 cm³/mol. The summed E-state index contributed by atoms with van der Waals surface area (Å²) in [4.78, 5) is 0. The molecule has 0 radical (unpaired) electrons. The van der Waals surface area contributed by atoms with Crippen LogP contribution >= 0.6 is 0 Å². The zero-order chi connectivity index (χ0) is 27.1. The molecule has 0 fully saturated rings. The van der Waals surface area contributed by atoms with Crippen LogP contribution in [0.1, 0.15) is 25.0 Å². The Balaban J connectivity index is 1.11. The highest BCUT2D eigenvalue weighted by molar-refractivity contribution is 5.85. The van der Waals surface area contributed by atoms with Crippen LogP contribution in [0.2, 0.25) is 0 Å². The summed E-state index contributed by atoms with van der Waals surface area (Å²) in [5, 5.41) is 3.64. The molecule has 0 bridgehead atoms. The first-order valence-corrected chi connectivity index (χ1v) is 13.9. The van der Waals surface area contributed by atoms with Gasteiger partial charge < -0.3 is 5.32 Å². The van der Waals surface area contributed by atoms with Gasteiger partial charge in [-0.1, -0.05) is 129 Å². The first-order valence-electron chi connectivity index (χ1n) is 13.9. The van der Waals surface area contributed by atoms with Crippen LogP contribution in [0.5, 0.6) is 0 Å². The Hall–Kier alpha value is -4.88. The smallest absolute Gasteiger partial charge is 0.0387 e. The molecule has 40 heavy (non-hydrogen) atoms. The number of hydrogen-bond donors (Lipinski definition) is 1. The van der Waals surface area contributed by atoms with Crippen molar-refractivity contribution >= 4 is 11.4 Å². The van der Waals surface area contributed by atoms with Gasteiger partial charge in [-0.2, -0.15) is 0 Å². The van der Waals surface area contributed by atoms with E-state index in [-0.39, 0.29) is 5.41 Å². The van der Waals surface area contributed by atoms with Crippen LogP contribution < -0.4 is 5.32 Å². The zero-order valence-electron chi connectivity index (χ0n) is 22.9. The molecule has 192 valence electrons. The number of nitrogens with one attached hydrogen (secondary N) is 1. The Labute approximate surface area is 236 Å². The fourth-order valence-corrected chi connectivity index (χ4v) is 6.02. The number of benzene rings is 6. The molecule has 0 aliphatic heterocycles. The topological polar surface area (TPSA) is 12.0 Å². The second kappa shape index (κ2) is 9.70. The Morgan fingerprint density at radius 3 is 1.35 bits per heavy atom. The van der Waals surface area contributed by atoms with Crippen molar-refractivity contribution in [2.24, 2.45) is 0 Å². The Bertz CT molecular complexity index is 1800. The quantitative estimate of drug-likeness (QED) is 0.242. The molecule has 0 atom stereocenters. The average Bonchev–Trinajstić information content (AvgIpc) is 3.24. The Morgan fingerprint density at radius 1 is 0.375 bits per heavy atom. The minimum absolute atomic E-state index is 0.0666. The molecular weight excluding hydrogens is 482 g/mol. The molecule has 1 aliphatic carbocycles. The van der Waals surface area contributed by atoms with Crippen molar-refractivity contribution in [3.05, 3.63) is 157 Å². The van der Waals surface area contributed by atoms with Crippen molar-refractivity contribution in [3.63, 3.8) is 0 Å². The van der Waals surface area contributed by atoms with Crippen LogP contribution in [-0.4, -0.2) is 0 Å². The molecule has 1 N–H and O–H groups in total. The van der Waals surface area contributed by atoms with Crippen LogP contribution in [-0.2, 0) is 5.41 Å². The molecule has 0 saturated carbocycles. The summed E-state index contributed by atoms with van der Waals surface area (Å²) in [5.74, 6) is 0. The third kappa shape index (κ3) is 4.30. The summed E-state index contributed by atoms with van der Waals surface area (Å²) in [6, 6.07) is 52.4. The molecular formula is C39H31N. The highest BCUT2D eigenvalue weighted by Crippen LogP contribution is 2.50. The summed E-state index contributed by atoms with van der Waals surface area (Å²) in [6.07, 6.45) is 0. The molecule has 1 aliphatic rings. The molecule has 7 rings (SSSR count). The second-order valence-electron chi connectivity index (χ2n) is 11.2. The molecule has 0 unspecified atom stereocenters. The maximum atomic E-state index is 3.64. The van der Waals surface area contributed by atoms with Gasteiger partial charge in [0.1, 0.15) is 0 Å². The first kappa shape index (κ1) is 24.2. The molecule has 0 aromatic heterocycles. The lowest BCUT2D eigenvalue weighted by molar-refractivity contribution is 0.661. The van der Waals surface area contributed by atoms with Crippen molar-refractivity contribution < 1.29 is 0 Å². The predicted octanol–water partition coefficient (Wildman–Crippen LogP) is 10.7. The lowest BCUT2D eigenvalue weighted by Crippen LogP contribution is -2.15. The molecule has 6 aromatic rings. The standard InChI is InChI=1S/C39H31N/c1-39(2)37-25-32(28-11-7-4-8-12-28)19-23-35(37)36-24-22-34(26-38(36)39)40-33-20-17-31(18-21-33)30-15-13-29(14-16-30)27-9-5-3-6-10-27/h3-26,40H,1-2H3. The van der Waals surface area contributed by atoms with Gasteiger partial charge in [-0.05, 0) is 86.0 Å². The van der Waals surface area contributed by atoms with Crippen molar-refractivity contribution in [2.75, 3.05) is 5.32 Å². The highest BCUT2D eigenvalue weighted by Gasteiger charge is 2.35. The molecule has 1 nitrogen and oxygen atoms in total. The average molecular weight is 514 g/mol. The van der Waals surface area contributed by atoms with Gasteiger partial charge >= 0.3 is 0 Å². The normalized spacial score (nSPS) is 12.9. The molecule has 0 saturated heterocycles. The van der Waals surface area contributed by atoms with E-state index in [2.05, 4.69) is 165 Å². The highest BCUT2D eigenvalue weighted by atomic mass is 14.9. The molecule has 0 amide bonds. The van der Waals surface area contributed by atoms with E-state index in [1.54, 1.807) is 0 Å². The van der Waals surface area contributed by atoms with E-state index in [9.17, 15) is 0 Å². The van der Waals surface area contributed by atoms with Crippen molar-refractivity contribution in [1.29, 1.82) is 0 Å². The number of hydrogen-bond acceptors (Lipinski definition) is 1. The number of fused-ring (bicyclic) bond motifs is 3. The minimum Gasteiger partial charge on any atom is -0.356 e. The Kier molecular flexibility index (Phi) is 5.86. The fourth-order valence-electron chi connectivity index (χ4n) is 6.02. The third-order valence-corrected chi connectivity index (χ3v) is 8.28. The monoisotopic (exact) mass is 513 g/mol. The van der Waals surface area contributed by atoms with Gasteiger partial charge in [0.05, 0.1) is 0 Å². The fraction of sp³-hybridized carbons (Fsp3) is 0.0769. The van der Waals surface area contributed by atoms with E-state index in [0.29, 0.717) is 0 Å². The Morgan fingerprint density at radius 2 is 0.775 bits per heavy atom. The summed E-state index contributed by atoms with van der Waals surface area (Å²) in [5.41, 5.74) is 15.0. The summed E-state index contributed by atoms with van der Waals surface area (Å²) < 4.78 is 0. The maximum absolute atomic E-state index is 3.64. The van der Waals surface area contributed by atoms with Crippen LogP contribution in [0.25, 0.3) is 44.5 Å². The van der Waals surface area contributed by atoms with Crippen molar-refractivity contribution in [3.8, 4) is 44.5 Å². The minimum atomic E-state index is -0.0666. The lowest BCUT2D eigenvalue weighted by atomic mass is 9.81. The van der Waals surface area contributed by atoms with Crippen LogP contribution in [0.15, 0.2) is 146 Å². The van der Waals surface area contributed by atoms with Crippen LogP contribution in [0.3, 0.4) is 0 Å². The largest absolute Gasteiger partial charge is 0.356 e. The SMILES string of the molecule is CC1(C)c2cc(Nc3ccc(-c4ccc(-c5ccccc5)cc4)cc3)ccc2-c2ccc(-c3ccccc3)cc21. The van der Waals surface area contributed by atoms with E-state index in [0.717, 1.165) is 11.4 Å². The third-order valence-electron chi connectivity index (χ3n) is 8.28. The second-order valence-corrected chi connectivity index (χ2v) is 11.2. The van der Waals surface area contributed by atoms with Crippen LogP contribution in [0.4, 0.5) is 11.4 Å². The first-order chi connectivity index (χ1) is 19.6. The van der Waals surface area contributed by atoms with E-state index >= 15 is 0 Å². The van der Waals surface area contributed by atoms with Gasteiger partial charge in [0, 0.05) is 16.8 Å². The summed E-state index contributed by atoms with van der Waals surface area (Å²) in [6.45, 7) is 4.68. The van der Waals surface area contributed by atoms with E-state index in [4.69, 9.17) is 0 Å². The van der Waals surface area contributed by atoms with Gasteiger partial charge in [0.15, 0.2) is 0 Å². The molecule has 0 heterocycles. The van der Waals surface area contributed by atoms with E-state index < -0.39 is 0 Å². The van der Waals surface area contributed by atoms with Crippen molar-refractivity contribution in [2.45, 2.75) is 19.3 Å². The van der Waals surface area contributed by atoms with Gasteiger partial charge in [0.2, 0.25) is 0 Å². The number of anilines is 2. The van der Waals surface area contributed by atoms with Gasteiger partial charge in [-0.3, -0.25) is 0 Å². The lowest BCUT2D eigenvalue weighted by Gasteiger charge is -2.23. The molecule has 1 heteroatoms. The van der Waals surface area contributed by atoms with Gasteiger partial charge in [-0.15, -0.1) is 0 Å². The van der Waals surface area contributed by atoms with Gasteiger partial charge in [0.25, 0.3) is 0 Å². The zero-order valence-corrected chi connectivity index (χ0v) is 22.9. The maximum Gasteiger partial charge on any atom is 0.0387 e.